The lowest BCUT2D eigenvalue weighted by Gasteiger charge is -2.21. The number of carbonyl (C=O) groups excluding carboxylic acids is 1. The molecule has 0 aliphatic heterocycles. The minimum Gasteiger partial charge on any atom is -0.300 e. The first-order valence-electron chi connectivity index (χ1n) is 9.90. The summed E-state index contributed by atoms with van der Waals surface area (Å²) in [5.41, 5.74) is -1.81. The third-order valence-corrected chi connectivity index (χ3v) is 5.13. The Morgan fingerprint density at radius 2 is 1.58 bits per heavy atom. The van der Waals surface area contributed by atoms with Crippen molar-refractivity contribution in [2.24, 2.45) is 0 Å². The van der Waals surface area contributed by atoms with Crippen LogP contribution in [0.2, 0.25) is 0 Å². The first kappa shape index (κ1) is 24.4. The molecule has 0 spiro atoms. The van der Waals surface area contributed by atoms with E-state index in [1.54, 1.807) is 6.07 Å². The minimum absolute atomic E-state index is 0.0746. The number of rotatable bonds is 7. The monoisotopic (exact) mass is 469 g/mol. The predicted molar refractivity (Wildman–Crippen MR) is 107 cm³/mol. The van der Waals surface area contributed by atoms with Crippen molar-refractivity contribution in [2.45, 2.75) is 37.5 Å². The third-order valence-electron chi connectivity index (χ3n) is 5.13. The number of benzene rings is 2. The Balaban J connectivity index is 1.92. The van der Waals surface area contributed by atoms with Crippen molar-refractivity contribution < 1.29 is 35.5 Å². The maximum atomic E-state index is 13.6. The molecule has 0 saturated heterocycles. The summed E-state index contributed by atoms with van der Waals surface area (Å²) in [5.74, 6) is -2.11. The first-order valence-corrected chi connectivity index (χ1v) is 9.90. The molecule has 0 aliphatic carbocycles. The van der Waals surface area contributed by atoms with Crippen LogP contribution in [-0.4, -0.2) is 10.8 Å². The van der Waals surface area contributed by atoms with Gasteiger partial charge in [-0.1, -0.05) is 24.3 Å². The molecule has 0 bridgehead atoms. The van der Waals surface area contributed by atoms with Gasteiger partial charge in [-0.05, 0) is 53.9 Å². The fourth-order valence-electron chi connectivity index (χ4n) is 3.52. The molecule has 0 unspecified atom stereocenters. The summed E-state index contributed by atoms with van der Waals surface area (Å²) >= 11 is 0. The van der Waals surface area contributed by atoms with Gasteiger partial charge in [0.2, 0.25) is 0 Å². The molecule has 0 amide bonds. The van der Waals surface area contributed by atoms with Gasteiger partial charge in [0.25, 0.3) is 0 Å². The Labute approximate surface area is 185 Å². The molecule has 3 rings (SSSR count). The quantitative estimate of drug-likeness (QED) is 0.350. The number of Topliss-reactive ketones (excluding diaryl/α,β-unsaturated/α-hetero) is 1. The SMILES string of the molecule is O=C(CCc1cccc(F)c1)C[C@@H](c1ccc(C(F)(F)F)cc1)c1ncccc1C(F)(F)F. The van der Waals surface area contributed by atoms with Gasteiger partial charge in [-0.25, -0.2) is 4.39 Å². The summed E-state index contributed by atoms with van der Waals surface area (Å²) in [6.45, 7) is 0. The van der Waals surface area contributed by atoms with Crippen LogP contribution in [0, 0.1) is 5.82 Å². The van der Waals surface area contributed by atoms with Crippen LogP contribution in [0.4, 0.5) is 30.7 Å². The molecule has 174 valence electrons. The minimum atomic E-state index is -4.77. The fourth-order valence-corrected chi connectivity index (χ4v) is 3.52. The number of carbonyl (C=O) groups is 1. The van der Waals surface area contributed by atoms with Gasteiger partial charge >= 0.3 is 12.4 Å². The molecule has 0 saturated carbocycles. The summed E-state index contributed by atoms with van der Waals surface area (Å²) in [7, 11) is 0. The molecular weight excluding hydrogens is 451 g/mol. The van der Waals surface area contributed by atoms with Crippen molar-refractivity contribution in [1.82, 2.24) is 4.98 Å². The van der Waals surface area contributed by atoms with Crippen molar-refractivity contribution in [3.8, 4) is 0 Å². The highest BCUT2D eigenvalue weighted by Gasteiger charge is 2.37. The molecule has 9 heteroatoms. The van der Waals surface area contributed by atoms with Gasteiger partial charge in [-0.15, -0.1) is 0 Å². The van der Waals surface area contributed by atoms with E-state index in [2.05, 4.69) is 4.98 Å². The van der Waals surface area contributed by atoms with E-state index in [4.69, 9.17) is 0 Å². The first-order chi connectivity index (χ1) is 15.4. The molecule has 2 aromatic carbocycles. The lowest BCUT2D eigenvalue weighted by Crippen LogP contribution is -2.17. The molecule has 0 radical (unpaired) electrons. The lowest BCUT2D eigenvalue weighted by atomic mass is 9.86. The zero-order chi connectivity index (χ0) is 24.2. The van der Waals surface area contributed by atoms with Crippen molar-refractivity contribution in [3.05, 3.63) is 101 Å². The van der Waals surface area contributed by atoms with Crippen LogP contribution in [0.3, 0.4) is 0 Å². The van der Waals surface area contributed by atoms with Crippen LogP contribution >= 0.6 is 0 Å². The summed E-state index contributed by atoms with van der Waals surface area (Å²) in [4.78, 5) is 16.5. The largest absolute Gasteiger partial charge is 0.418 e. The van der Waals surface area contributed by atoms with Crippen LogP contribution < -0.4 is 0 Å². The van der Waals surface area contributed by atoms with E-state index < -0.39 is 53.1 Å². The maximum Gasteiger partial charge on any atom is 0.418 e. The highest BCUT2D eigenvalue weighted by molar-refractivity contribution is 5.80. The molecule has 2 nitrogen and oxygen atoms in total. The maximum absolute atomic E-state index is 13.6. The second kappa shape index (κ2) is 9.72. The van der Waals surface area contributed by atoms with Crippen molar-refractivity contribution in [3.63, 3.8) is 0 Å². The topological polar surface area (TPSA) is 30.0 Å². The highest BCUT2D eigenvalue weighted by atomic mass is 19.4. The normalized spacial score (nSPS) is 13.1. The third kappa shape index (κ3) is 6.40. The van der Waals surface area contributed by atoms with Crippen molar-refractivity contribution in [2.75, 3.05) is 0 Å². The highest BCUT2D eigenvalue weighted by Crippen LogP contribution is 2.39. The van der Waals surface area contributed by atoms with Gasteiger partial charge in [0, 0.05) is 25.0 Å². The zero-order valence-corrected chi connectivity index (χ0v) is 17.1. The lowest BCUT2D eigenvalue weighted by molar-refractivity contribution is -0.139. The summed E-state index contributed by atoms with van der Waals surface area (Å²) in [6.07, 6.45) is -8.55. The smallest absolute Gasteiger partial charge is 0.300 e. The number of halogens is 7. The molecule has 0 aliphatic rings. The van der Waals surface area contributed by atoms with Gasteiger partial charge in [-0.2, -0.15) is 26.3 Å². The Bertz CT molecular complexity index is 1100. The van der Waals surface area contributed by atoms with Gasteiger partial charge in [-0.3, -0.25) is 9.78 Å². The van der Waals surface area contributed by atoms with Gasteiger partial charge in [0.15, 0.2) is 0 Å². The fraction of sp³-hybridized carbons (Fsp3) is 0.250. The standard InChI is InChI=1S/C24H18F7NO/c25-18-4-1-3-15(13-18)6-11-19(33)14-20(16-7-9-17(10-8-16)23(26,27)28)22-21(24(29,30)31)5-2-12-32-22/h1-5,7-10,12-13,20H,6,11,14H2/t20-/m0/s1. The van der Waals surface area contributed by atoms with E-state index in [0.29, 0.717) is 5.56 Å². The van der Waals surface area contributed by atoms with E-state index in [0.717, 1.165) is 42.6 Å². The second-order valence-corrected chi connectivity index (χ2v) is 7.48. The Kier molecular flexibility index (Phi) is 7.19. The van der Waals surface area contributed by atoms with Crippen LogP contribution in [-0.2, 0) is 23.6 Å². The van der Waals surface area contributed by atoms with E-state index in [-0.39, 0.29) is 18.4 Å². The summed E-state index contributed by atoms with van der Waals surface area (Å²) < 4.78 is 92.8. The Morgan fingerprint density at radius 1 is 0.879 bits per heavy atom. The number of pyridine rings is 1. The summed E-state index contributed by atoms with van der Waals surface area (Å²) in [6, 6.07) is 11.1. The molecule has 1 aromatic heterocycles. The predicted octanol–water partition coefficient (Wildman–Crippen LogP) is 6.98. The molecule has 0 fully saturated rings. The van der Waals surface area contributed by atoms with E-state index in [1.807, 2.05) is 0 Å². The number of nitrogens with zero attached hydrogens (tertiary/aromatic N) is 1. The zero-order valence-electron chi connectivity index (χ0n) is 17.1. The van der Waals surface area contributed by atoms with Crippen molar-refractivity contribution >= 4 is 5.78 Å². The Morgan fingerprint density at radius 3 is 2.18 bits per heavy atom. The molecule has 33 heavy (non-hydrogen) atoms. The van der Waals surface area contributed by atoms with Crippen molar-refractivity contribution in [1.29, 1.82) is 0 Å². The molecule has 3 aromatic rings. The number of alkyl halides is 6. The van der Waals surface area contributed by atoms with Crippen LogP contribution in [0.1, 0.15) is 46.7 Å². The number of ketones is 1. The molecule has 1 atom stereocenters. The van der Waals surface area contributed by atoms with E-state index in [1.165, 1.54) is 18.2 Å². The van der Waals surface area contributed by atoms with Crippen LogP contribution in [0.15, 0.2) is 66.9 Å². The number of hydrogen-bond acceptors (Lipinski definition) is 2. The molecule has 1 heterocycles. The Hall–Kier alpha value is -3.23. The van der Waals surface area contributed by atoms with Crippen LogP contribution in [0.5, 0.6) is 0 Å². The average Bonchev–Trinajstić information content (AvgIpc) is 2.75. The van der Waals surface area contributed by atoms with Crippen LogP contribution in [0.25, 0.3) is 0 Å². The van der Waals surface area contributed by atoms with Gasteiger partial charge < -0.3 is 0 Å². The van der Waals surface area contributed by atoms with Gasteiger partial charge in [0.05, 0.1) is 16.8 Å². The average molecular weight is 469 g/mol. The molecule has 0 N–H and O–H groups in total. The second-order valence-electron chi connectivity index (χ2n) is 7.48. The van der Waals surface area contributed by atoms with E-state index in [9.17, 15) is 35.5 Å². The number of aromatic nitrogens is 1. The van der Waals surface area contributed by atoms with E-state index >= 15 is 0 Å². The number of hydrogen-bond donors (Lipinski definition) is 0. The molecular formula is C24H18F7NO. The summed E-state index contributed by atoms with van der Waals surface area (Å²) in [5, 5.41) is 0. The number of aryl methyl sites for hydroxylation is 1. The van der Waals surface area contributed by atoms with Gasteiger partial charge in [0.1, 0.15) is 11.6 Å².